The summed E-state index contributed by atoms with van der Waals surface area (Å²) < 4.78 is 11.9. The van der Waals surface area contributed by atoms with Gasteiger partial charge < -0.3 is 14.8 Å². The van der Waals surface area contributed by atoms with Crippen molar-refractivity contribution < 1.29 is 9.47 Å². The first-order valence-electron chi connectivity index (χ1n) is 6.94. The second-order valence-electron chi connectivity index (χ2n) is 4.73. The van der Waals surface area contributed by atoms with Gasteiger partial charge in [0.2, 0.25) is 0 Å². The third kappa shape index (κ3) is 5.87. The van der Waals surface area contributed by atoms with E-state index in [-0.39, 0.29) is 0 Å². The normalized spacial score (nSPS) is 10.6. The van der Waals surface area contributed by atoms with E-state index >= 15 is 0 Å². The fourth-order valence-corrected chi connectivity index (χ4v) is 2.26. The minimum absolute atomic E-state index is 0.652. The molecule has 0 heterocycles. The summed E-state index contributed by atoms with van der Waals surface area (Å²) in [7, 11) is 1.71. The molecule has 0 radical (unpaired) electrons. The van der Waals surface area contributed by atoms with Gasteiger partial charge in [0.25, 0.3) is 0 Å². The van der Waals surface area contributed by atoms with Gasteiger partial charge in [-0.2, -0.15) is 0 Å². The standard InChI is InChI=1S/C17H20BrNO2/c1-20-13-15-4-2-3-14(11-15)12-19-9-10-21-17-7-5-16(18)6-8-17/h2-8,11,19H,9-10,12-13H2,1H3. The monoisotopic (exact) mass is 349 g/mol. The largest absolute Gasteiger partial charge is 0.492 e. The molecule has 0 amide bonds. The summed E-state index contributed by atoms with van der Waals surface area (Å²) in [5.41, 5.74) is 2.45. The lowest BCUT2D eigenvalue weighted by atomic mass is 10.1. The van der Waals surface area contributed by atoms with E-state index in [0.29, 0.717) is 13.2 Å². The van der Waals surface area contributed by atoms with Gasteiger partial charge in [-0.1, -0.05) is 40.2 Å². The van der Waals surface area contributed by atoms with Gasteiger partial charge >= 0.3 is 0 Å². The van der Waals surface area contributed by atoms with Gasteiger partial charge in [0, 0.05) is 24.7 Å². The maximum atomic E-state index is 5.66. The van der Waals surface area contributed by atoms with Crippen LogP contribution in [0.2, 0.25) is 0 Å². The molecule has 0 saturated heterocycles. The molecular formula is C17H20BrNO2. The number of benzene rings is 2. The van der Waals surface area contributed by atoms with E-state index in [1.807, 2.05) is 24.3 Å². The Balaban J connectivity index is 1.67. The maximum Gasteiger partial charge on any atom is 0.119 e. The van der Waals surface area contributed by atoms with Crippen LogP contribution in [0, 0.1) is 0 Å². The van der Waals surface area contributed by atoms with Crippen LogP contribution in [0.4, 0.5) is 0 Å². The number of nitrogens with one attached hydrogen (secondary N) is 1. The molecule has 0 aliphatic rings. The molecule has 21 heavy (non-hydrogen) atoms. The van der Waals surface area contributed by atoms with Gasteiger partial charge in [-0.05, 0) is 35.4 Å². The van der Waals surface area contributed by atoms with E-state index < -0.39 is 0 Å². The Kier molecular flexibility index (Phi) is 6.73. The highest BCUT2D eigenvalue weighted by Crippen LogP contribution is 2.15. The Bertz CT molecular complexity index is 543. The molecule has 112 valence electrons. The molecule has 0 fully saturated rings. The van der Waals surface area contributed by atoms with Crippen LogP contribution in [0.15, 0.2) is 53.0 Å². The Hall–Kier alpha value is -1.36. The lowest BCUT2D eigenvalue weighted by Crippen LogP contribution is -2.20. The summed E-state index contributed by atoms with van der Waals surface area (Å²) in [5, 5.41) is 3.38. The van der Waals surface area contributed by atoms with Gasteiger partial charge in [-0.25, -0.2) is 0 Å². The van der Waals surface area contributed by atoms with E-state index in [1.54, 1.807) is 7.11 Å². The third-order valence-electron chi connectivity index (χ3n) is 2.99. The van der Waals surface area contributed by atoms with Crippen molar-refractivity contribution in [2.24, 2.45) is 0 Å². The van der Waals surface area contributed by atoms with Crippen molar-refractivity contribution in [3.8, 4) is 5.75 Å². The van der Waals surface area contributed by atoms with Crippen molar-refractivity contribution in [2.45, 2.75) is 13.2 Å². The first kappa shape index (κ1) is 16.0. The summed E-state index contributed by atoms with van der Waals surface area (Å²) in [6.45, 7) is 2.95. The highest BCUT2D eigenvalue weighted by molar-refractivity contribution is 9.10. The van der Waals surface area contributed by atoms with Crippen LogP contribution in [0.5, 0.6) is 5.75 Å². The molecule has 2 aromatic rings. The van der Waals surface area contributed by atoms with Gasteiger partial charge in [-0.15, -0.1) is 0 Å². The average Bonchev–Trinajstić information content (AvgIpc) is 2.50. The SMILES string of the molecule is COCc1cccc(CNCCOc2ccc(Br)cc2)c1. The minimum atomic E-state index is 0.652. The number of rotatable bonds is 8. The minimum Gasteiger partial charge on any atom is -0.492 e. The first-order chi connectivity index (χ1) is 10.3. The van der Waals surface area contributed by atoms with E-state index in [1.165, 1.54) is 11.1 Å². The van der Waals surface area contributed by atoms with Crippen LogP contribution >= 0.6 is 15.9 Å². The number of methoxy groups -OCH3 is 1. The second kappa shape index (κ2) is 8.82. The van der Waals surface area contributed by atoms with Crippen molar-refractivity contribution in [3.05, 3.63) is 64.1 Å². The van der Waals surface area contributed by atoms with Gasteiger partial charge in [0.05, 0.1) is 6.61 Å². The van der Waals surface area contributed by atoms with Crippen LogP contribution in [-0.4, -0.2) is 20.3 Å². The Morgan fingerprint density at radius 2 is 1.81 bits per heavy atom. The van der Waals surface area contributed by atoms with Crippen molar-refractivity contribution in [3.63, 3.8) is 0 Å². The Morgan fingerprint density at radius 3 is 2.57 bits per heavy atom. The Morgan fingerprint density at radius 1 is 1.05 bits per heavy atom. The number of hydrogen-bond acceptors (Lipinski definition) is 3. The maximum absolute atomic E-state index is 5.66. The molecule has 0 aliphatic heterocycles. The zero-order chi connectivity index (χ0) is 14.9. The predicted octanol–water partition coefficient (Wildman–Crippen LogP) is 3.76. The van der Waals surface area contributed by atoms with Crippen molar-refractivity contribution >= 4 is 15.9 Å². The van der Waals surface area contributed by atoms with E-state index in [9.17, 15) is 0 Å². The quantitative estimate of drug-likeness (QED) is 0.736. The molecule has 0 atom stereocenters. The topological polar surface area (TPSA) is 30.5 Å². The molecule has 0 saturated carbocycles. The highest BCUT2D eigenvalue weighted by Gasteiger charge is 1.97. The molecule has 3 nitrogen and oxygen atoms in total. The molecule has 0 aromatic heterocycles. The van der Waals surface area contributed by atoms with Crippen molar-refractivity contribution in [1.82, 2.24) is 5.32 Å². The predicted molar refractivity (Wildman–Crippen MR) is 88.5 cm³/mol. The fraction of sp³-hybridized carbons (Fsp3) is 0.294. The fourth-order valence-electron chi connectivity index (χ4n) is 2.00. The summed E-state index contributed by atoms with van der Waals surface area (Å²) in [5.74, 6) is 0.891. The molecule has 1 N–H and O–H groups in total. The van der Waals surface area contributed by atoms with Crippen LogP contribution in [0.25, 0.3) is 0 Å². The summed E-state index contributed by atoms with van der Waals surface area (Å²) in [4.78, 5) is 0. The van der Waals surface area contributed by atoms with Crippen LogP contribution in [0.1, 0.15) is 11.1 Å². The number of hydrogen-bond donors (Lipinski definition) is 1. The Labute approximate surface area is 134 Å². The van der Waals surface area contributed by atoms with E-state index in [2.05, 4.69) is 45.5 Å². The second-order valence-corrected chi connectivity index (χ2v) is 5.65. The summed E-state index contributed by atoms with van der Waals surface area (Å²) >= 11 is 3.40. The highest BCUT2D eigenvalue weighted by atomic mass is 79.9. The van der Waals surface area contributed by atoms with Crippen molar-refractivity contribution in [1.29, 1.82) is 0 Å². The van der Waals surface area contributed by atoms with Crippen LogP contribution < -0.4 is 10.1 Å². The van der Waals surface area contributed by atoms with Crippen LogP contribution in [-0.2, 0) is 17.9 Å². The lowest BCUT2D eigenvalue weighted by molar-refractivity contribution is 0.185. The number of ether oxygens (including phenoxy) is 2. The molecule has 4 heteroatoms. The molecule has 2 rings (SSSR count). The molecule has 0 spiro atoms. The number of halogens is 1. The lowest BCUT2D eigenvalue weighted by Gasteiger charge is -2.08. The molecule has 2 aromatic carbocycles. The molecule has 0 aliphatic carbocycles. The first-order valence-corrected chi connectivity index (χ1v) is 7.73. The van der Waals surface area contributed by atoms with Gasteiger partial charge in [-0.3, -0.25) is 0 Å². The zero-order valence-corrected chi connectivity index (χ0v) is 13.7. The van der Waals surface area contributed by atoms with Crippen LogP contribution in [0.3, 0.4) is 0 Å². The smallest absolute Gasteiger partial charge is 0.119 e. The van der Waals surface area contributed by atoms with Crippen molar-refractivity contribution in [2.75, 3.05) is 20.3 Å². The summed E-state index contributed by atoms with van der Waals surface area (Å²) in [6.07, 6.45) is 0. The zero-order valence-electron chi connectivity index (χ0n) is 12.1. The molecule has 0 bridgehead atoms. The molecular weight excluding hydrogens is 330 g/mol. The van der Waals surface area contributed by atoms with E-state index in [4.69, 9.17) is 9.47 Å². The van der Waals surface area contributed by atoms with E-state index in [0.717, 1.165) is 23.3 Å². The van der Waals surface area contributed by atoms with Gasteiger partial charge in [0.15, 0.2) is 0 Å². The van der Waals surface area contributed by atoms with Gasteiger partial charge in [0.1, 0.15) is 12.4 Å². The average molecular weight is 350 g/mol. The molecule has 0 unspecified atom stereocenters. The third-order valence-corrected chi connectivity index (χ3v) is 3.52. The summed E-state index contributed by atoms with van der Waals surface area (Å²) in [6, 6.07) is 16.3.